The van der Waals surface area contributed by atoms with Crippen LogP contribution in [-0.4, -0.2) is 23.2 Å². The molecule has 1 unspecified atom stereocenters. The largest absolute Gasteiger partial charge is 0.496 e. The van der Waals surface area contributed by atoms with E-state index in [-0.39, 0.29) is 11.9 Å². The van der Waals surface area contributed by atoms with Crippen LogP contribution in [0.2, 0.25) is 0 Å². The van der Waals surface area contributed by atoms with Gasteiger partial charge in [0.1, 0.15) is 11.8 Å². The van der Waals surface area contributed by atoms with E-state index in [0.717, 1.165) is 5.56 Å². The summed E-state index contributed by atoms with van der Waals surface area (Å²) in [5, 5.41) is 6.44. The number of aryl methyl sites for hydroxylation is 1. The van der Waals surface area contributed by atoms with E-state index < -0.39 is 0 Å². The Morgan fingerprint density at radius 3 is 2.86 bits per heavy atom. The van der Waals surface area contributed by atoms with Crippen LogP contribution in [0, 0.1) is 6.92 Å². The van der Waals surface area contributed by atoms with Gasteiger partial charge >= 0.3 is 0 Å². The molecular weight excluding hydrogens is 270 g/mol. The minimum Gasteiger partial charge on any atom is -0.496 e. The van der Waals surface area contributed by atoms with Gasteiger partial charge in [0.2, 0.25) is 11.8 Å². The molecule has 2 rings (SSSR count). The first kappa shape index (κ1) is 14.8. The van der Waals surface area contributed by atoms with Crippen molar-refractivity contribution in [3.8, 4) is 5.75 Å². The molecule has 1 aromatic carbocycles. The number of ether oxygens (including phenoxy) is 1. The lowest BCUT2D eigenvalue weighted by atomic mass is 10.2. The van der Waals surface area contributed by atoms with Crippen LogP contribution in [0.4, 0.5) is 0 Å². The fourth-order valence-electron chi connectivity index (χ4n) is 1.78. The van der Waals surface area contributed by atoms with Crippen molar-refractivity contribution in [3.63, 3.8) is 0 Å². The monoisotopic (exact) mass is 287 g/mol. The average Bonchev–Trinajstić information content (AvgIpc) is 2.92. The molecule has 0 aliphatic rings. The molecule has 0 bridgehead atoms. The van der Waals surface area contributed by atoms with Crippen molar-refractivity contribution < 1.29 is 14.1 Å². The summed E-state index contributed by atoms with van der Waals surface area (Å²) in [6.45, 7) is 3.50. The van der Waals surface area contributed by atoms with Gasteiger partial charge < -0.3 is 14.6 Å². The predicted molar refractivity (Wildman–Crippen MR) is 77.6 cm³/mol. The molecule has 1 amide bonds. The van der Waals surface area contributed by atoms with Gasteiger partial charge in [-0.3, -0.25) is 4.79 Å². The number of carbonyl (C=O) groups excluding carboxylic acids is 1. The van der Waals surface area contributed by atoms with Crippen LogP contribution in [0.15, 0.2) is 34.9 Å². The normalized spacial score (nSPS) is 12.3. The minimum atomic E-state index is -0.346. The number of nitrogens with one attached hydrogen (secondary N) is 1. The fourth-order valence-corrected chi connectivity index (χ4v) is 1.78. The van der Waals surface area contributed by atoms with Crippen LogP contribution in [0.1, 0.15) is 30.2 Å². The summed E-state index contributed by atoms with van der Waals surface area (Å²) >= 11 is 0. The lowest BCUT2D eigenvalue weighted by molar-refractivity contribution is -0.117. The maximum atomic E-state index is 11.9. The lowest BCUT2D eigenvalue weighted by Gasteiger charge is -2.07. The molecule has 0 saturated carbocycles. The summed E-state index contributed by atoms with van der Waals surface area (Å²) in [6.07, 6.45) is 3.14. The van der Waals surface area contributed by atoms with E-state index in [1.165, 1.54) is 6.08 Å². The lowest BCUT2D eigenvalue weighted by Crippen LogP contribution is -2.24. The van der Waals surface area contributed by atoms with Gasteiger partial charge in [-0.15, -0.1) is 0 Å². The van der Waals surface area contributed by atoms with E-state index in [0.29, 0.717) is 17.5 Å². The van der Waals surface area contributed by atoms with Gasteiger partial charge in [-0.2, -0.15) is 4.98 Å². The minimum absolute atomic E-state index is 0.246. The molecule has 0 spiro atoms. The summed E-state index contributed by atoms with van der Waals surface area (Å²) in [5.74, 6) is 1.38. The summed E-state index contributed by atoms with van der Waals surface area (Å²) in [6, 6.07) is 7.11. The second-order valence-corrected chi connectivity index (χ2v) is 4.49. The number of hydrogen-bond acceptors (Lipinski definition) is 5. The Labute approximate surface area is 122 Å². The van der Waals surface area contributed by atoms with Crippen LogP contribution in [0.25, 0.3) is 6.08 Å². The molecule has 2 aromatic rings. The highest BCUT2D eigenvalue weighted by atomic mass is 16.5. The third kappa shape index (κ3) is 3.92. The molecule has 21 heavy (non-hydrogen) atoms. The Bertz CT molecular complexity index is 649. The Morgan fingerprint density at radius 1 is 1.43 bits per heavy atom. The van der Waals surface area contributed by atoms with Crippen LogP contribution >= 0.6 is 0 Å². The Morgan fingerprint density at radius 2 is 2.19 bits per heavy atom. The first-order valence-corrected chi connectivity index (χ1v) is 6.52. The van der Waals surface area contributed by atoms with E-state index in [4.69, 9.17) is 9.26 Å². The second kappa shape index (κ2) is 6.69. The van der Waals surface area contributed by atoms with E-state index >= 15 is 0 Å². The molecule has 1 atom stereocenters. The van der Waals surface area contributed by atoms with Crippen molar-refractivity contribution in [1.29, 1.82) is 0 Å². The number of rotatable bonds is 5. The van der Waals surface area contributed by atoms with Crippen LogP contribution in [0.3, 0.4) is 0 Å². The highest BCUT2D eigenvalue weighted by Gasteiger charge is 2.14. The summed E-state index contributed by atoms with van der Waals surface area (Å²) in [4.78, 5) is 16.0. The number of para-hydroxylation sites is 1. The van der Waals surface area contributed by atoms with Crippen LogP contribution in [0.5, 0.6) is 5.75 Å². The molecule has 0 aliphatic heterocycles. The third-order valence-corrected chi connectivity index (χ3v) is 2.83. The highest BCUT2D eigenvalue weighted by Crippen LogP contribution is 2.18. The Hall–Kier alpha value is -2.63. The van der Waals surface area contributed by atoms with Gasteiger partial charge in [-0.25, -0.2) is 0 Å². The molecule has 1 aromatic heterocycles. The molecule has 1 heterocycles. The van der Waals surface area contributed by atoms with Crippen LogP contribution < -0.4 is 10.1 Å². The Balaban J connectivity index is 1.99. The summed E-state index contributed by atoms with van der Waals surface area (Å²) in [5.41, 5.74) is 0.830. The zero-order valence-corrected chi connectivity index (χ0v) is 12.2. The van der Waals surface area contributed by atoms with E-state index in [1.807, 2.05) is 24.3 Å². The van der Waals surface area contributed by atoms with Gasteiger partial charge in [0, 0.05) is 11.6 Å². The van der Waals surface area contributed by atoms with Crippen molar-refractivity contribution in [1.82, 2.24) is 15.5 Å². The van der Waals surface area contributed by atoms with E-state index in [9.17, 15) is 4.79 Å². The molecule has 0 fully saturated rings. The first-order valence-electron chi connectivity index (χ1n) is 6.52. The summed E-state index contributed by atoms with van der Waals surface area (Å²) in [7, 11) is 1.59. The van der Waals surface area contributed by atoms with Crippen molar-refractivity contribution in [2.45, 2.75) is 19.9 Å². The van der Waals surface area contributed by atoms with Gasteiger partial charge in [-0.1, -0.05) is 23.4 Å². The first-order chi connectivity index (χ1) is 10.1. The maximum Gasteiger partial charge on any atom is 0.248 e. The molecule has 0 saturated heterocycles. The average molecular weight is 287 g/mol. The number of hydrogen-bond donors (Lipinski definition) is 1. The maximum absolute atomic E-state index is 11.9. The quantitative estimate of drug-likeness (QED) is 0.854. The molecule has 6 nitrogen and oxygen atoms in total. The van der Waals surface area contributed by atoms with E-state index in [1.54, 1.807) is 27.0 Å². The number of amides is 1. The van der Waals surface area contributed by atoms with Crippen LogP contribution in [-0.2, 0) is 4.79 Å². The molecule has 6 heteroatoms. The van der Waals surface area contributed by atoms with Gasteiger partial charge in [0.15, 0.2) is 5.82 Å². The van der Waals surface area contributed by atoms with Gasteiger partial charge in [0.05, 0.1) is 7.11 Å². The van der Waals surface area contributed by atoms with E-state index in [2.05, 4.69) is 15.5 Å². The zero-order chi connectivity index (χ0) is 15.2. The number of carbonyl (C=O) groups is 1. The van der Waals surface area contributed by atoms with Crippen molar-refractivity contribution in [2.24, 2.45) is 0 Å². The van der Waals surface area contributed by atoms with Crippen molar-refractivity contribution in [3.05, 3.63) is 47.6 Å². The molecular formula is C15H17N3O3. The smallest absolute Gasteiger partial charge is 0.248 e. The highest BCUT2D eigenvalue weighted by molar-refractivity contribution is 5.92. The number of nitrogens with zero attached hydrogens (tertiary/aromatic N) is 2. The van der Waals surface area contributed by atoms with Crippen molar-refractivity contribution in [2.75, 3.05) is 7.11 Å². The standard InChI is InChI=1S/C15H17N3O3/c1-10(15-17-11(2)18-21-15)16-14(19)9-8-12-6-4-5-7-13(12)20-3/h4-10H,1-3H3,(H,16,19). The number of benzene rings is 1. The SMILES string of the molecule is COc1ccccc1C=CC(=O)NC(C)c1nc(C)no1. The molecule has 110 valence electrons. The molecule has 0 radical (unpaired) electrons. The van der Waals surface area contributed by atoms with Gasteiger partial charge in [0.25, 0.3) is 0 Å². The molecule has 0 aliphatic carbocycles. The third-order valence-electron chi connectivity index (χ3n) is 2.83. The topological polar surface area (TPSA) is 77.2 Å². The van der Waals surface area contributed by atoms with Gasteiger partial charge in [-0.05, 0) is 26.0 Å². The Kier molecular flexibility index (Phi) is 4.71. The number of methoxy groups -OCH3 is 1. The van der Waals surface area contributed by atoms with Crippen molar-refractivity contribution >= 4 is 12.0 Å². The zero-order valence-electron chi connectivity index (χ0n) is 12.2. The molecule has 1 N–H and O–H groups in total. The number of aromatic nitrogens is 2. The second-order valence-electron chi connectivity index (χ2n) is 4.49. The predicted octanol–water partition coefficient (Wildman–Crippen LogP) is 2.28. The summed E-state index contributed by atoms with van der Waals surface area (Å²) < 4.78 is 10.2. The fraction of sp³-hybridized carbons (Fsp3) is 0.267.